The lowest BCUT2D eigenvalue weighted by Gasteiger charge is -2.24. The number of carboxylic acids is 1. The summed E-state index contributed by atoms with van der Waals surface area (Å²) in [4.78, 5) is 11.6. The number of aliphatic carboxylic acids is 1. The van der Waals surface area contributed by atoms with Gasteiger partial charge in [-0.05, 0) is 19.8 Å². The van der Waals surface area contributed by atoms with E-state index in [0.29, 0.717) is 12.4 Å². The van der Waals surface area contributed by atoms with Crippen molar-refractivity contribution in [2.24, 2.45) is 5.41 Å². The molecular weight excluding hydrogens is 266 g/mol. The molecule has 3 rings (SSSR count). The second-order valence-corrected chi connectivity index (χ2v) is 5.83. The normalized spacial score (nSPS) is 17.0. The molecule has 21 heavy (non-hydrogen) atoms. The van der Waals surface area contributed by atoms with E-state index in [4.69, 9.17) is 0 Å². The van der Waals surface area contributed by atoms with E-state index in [1.807, 2.05) is 31.2 Å². The molecule has 1 aromatic carbocycles. The van der Waals surface area contributed by atoms with Gasteiger partial charge in [-0.25, -0.2) is 0 Å². The summed E-state index contributed by atoms with van der Waals surface area (Å²) in [5.41, 5.74) is 0.221. The lowest BCUT2D eigenvalue weighted by atomic mass is 9.86. The van der Waals surface area contributed by atoms with Gasteiger partial charge < -0.3 is 10.4 Å². The lowest BCUT2D eigenvalue weighted by molar-refractivity contribution is -0.147. The van der Waals surface area contributed by atoms with E-state index in [0.717, 1.165) is 42.1 Å². The first-order valence-electron chi connectivity index (χ1n) is 7.32. The number of hydrogen-bond acceptors (Lipinski definition) is 4. The van der Waals surface area contributed by atoms with Crippen LogP contribution in [0.3, 0.4) is 0 Å². The Kier molecular flexibility index (Phi) is 3.49. The third-order valence-electron chi connectivity index (χ3n) is 4.48. The van der Waals surface area contributed by atoms with Gasteiger partial charge in [0, 0.05) is 17.3 Å². The minimum Gasteiger partial charge on any atom is -0.481 e. The van der Waals surface area contributed by atoms with E-state index in [2.05, 4.69) is 15.5 Å². The topological polar surface area (TPSA) is 75.1 Å². The number of fused-ring (bicyclic) bond motifs is 1. The highest BCUT2D eigenvalue weighted by Gasteiger charge is 2.41. The third-order valence-corrected chi connectivity index (χ3v) is 4.48. The van der Waals surface area contributed by atoms with Crippen molar-refractivity contribution >= 4 is 22.6 Å². The number of benzene rings is 1. The summed E-state index contributed by atoms with van der Waals surface area (Å²) in [6, 6.07) is 7.92. The van der Waals surface area contributed by atoms with Crippen molar-refractivity contribution in [1.82, 2.24) is 10.2 Å². The third kappa shape index (κ3) is 2.44. The van der Waals surface area contributed by atoms with Crippen LogP contribution in [0.4, 0.5) is 5.82 Å². The molecule has 0 bridgehead atoms. The molecule has 110 valence electrons. The molecule has 0 saturated heterocycles. The molecule has 1 aromatic heterocycles. The summed E-state index contributed by atoms with van der Waals surface area (Å²) < 4.78 is 0. The molecule has 0 unspecified atom stereocenters. The standard InChI is InChI=1S/C16H19N3O2/c1-11-12-6-2-3-7-13(12)14(19-18-11)17-10-16(15(20)21)8-4-5-9-16/h2-3,6-7H,4-5,8-10H2,1H3,(H,17,19)(H,20,21). The number of carbonyl (C=O) groups is 1. The molecule has 1 saturated carbocycles. The average Bonchev–Trinajstić information content (AvgIpc) is 2.97. The van der Waals surface area contributed by atoms with Gasteiger partial charge in [0.2, 0.25) is 0 Å². The Morgan fingerprint density at radius 3 is 2.57 bits per heavy atom. The number of rotatable bonds is 4. The Morgan fingerprint density at radius 2 is 1.90 bits per heavy atom. The van der Waals surface area contributed by atoms with Crippen molar-refractivity contribution < 1.29 is 9.90 Å². The number of aromatic nitrogens is 2. The zero-order valence-corrected chi connectivity index (χ0v) is 12.1. The van der Waals surface area contributed by atoms with Gasteiger partial charge in [-0.3, -0.25) is 4.79 Å². The van der Waals surface area contributed by atoms with Crippen LogP contribution < -0.4 is 5.32 Å². The van der Waals surface area contributed by atoms with Crippen LogP contribution in [0.25, 0.3) is 10.8 Å². The van der Waals surface area contributed by atoms with Crippen molar-refractivity contribution in [2.75, 3.05) is 11.9 Å². The van der Waals surface area contributed by atoms with Crippen LogP contribution in [0.2, 0.25) is 0 Å². The Hall–Kier alpha value is -2.17. The molecule has 0 atom stereocenters. The molecule has 0 radical (unpaired) electrons. The molecule has 1 fully saturated rings. The SMILES string of the molecule is Cc1nnc(NCC2(C(=O)O)CCCC2)c2ccccc12. The van der Waals surface area contributed by atoms with Gasteiger partial charge in [0.25, 0.3) is 0 Å². The number of nitrogens with zero attached hydrogens (tertiary/aromatic N) is 2. The Morgan fingerprint density at radius 1 is 1.24 bits per heavy atom. The molecule has 0 aliphatic heterocycles. The first-order valence-corrected chi connectivity index (χ1v) is 7.32. The minimum atomic E-state index is -0.711. The van der Waals surface area contributed by atoms with E-state index in [9.17, 15) is 9.90 Å². The summed E-state index contributed by atoms with van der Waals surface area (Å²) in [5.74, 6) is -0.0411. The molecule has 5 heteroatoms. The fourth-order valence-corrected chi connectivity index (χ4v) is 3.14. The van der Waals surface area contributed by atoms with Crippen LogP contribution in [-0.2, 0) is 4.79 Å². The molecule has 0 spiro atoms. The average molecular weight is 285 g/mol. The van der Waals surface area contributed by atoms with E-state index in [-0.39, 0.29) is 0 Å². The number of carboxylic acid groups (broad SMARTS) is 1. The van der Waals surface area contributed by atoms with Crippen LogP contribution in [-0.4, -0.2) is 27.8 Å². The molecule has 5 nitrogen and oxygen atoms in total. The fraction of sp³-hybridized carbons (Fsp3) is 0.438. The van der Waals surface area contributed by atoms with Crippen molar-refractivity contribution in [3.63, 3.8) is 0 Å². The molecule has 1 aliphatic rings. The summed E-state index contributed by atoms with van der Waals surface area (Å²) >= 11 is 0. The van der Waals surface area contributed by atoms with E-state index in [1.165, 1.54) is 0 Å². The summed E-state index contributed by atoms with van der Waals surface area (Å²) in [6.45, 7) is 2.33. The zero-order valence-electron chi connectivity index (χ0n) is 12.1. The largest absolute Gasteiger partial charge is 0.481 e. The Bertz CT molecular complexity index is 678. The number of aryl methyl sites for hydroxylation is 1. The second kappa shape index (κ2) is 5.31. The molecule has 2 aromatic rings. The molecule has 1 heterocycles. The predicted molar refractivity (Wildman–Crippen MR) is 81.3 cm³/mol. The van der Waals surface area contributed by atoms with Gasteiger partial charge in [-0.1, -0.05) is 37.1 Å². The van der Waals surface area contributed by atoms with Crippen LogP contribution in [0.1, 0.15) is 31.4 Å². The van der Waals surface area contributed by atoms with Gasteiger partial charge in [-0.2, -0.15) is 5.10 Å². The van der Waals surface area contributed by atoms with Crippen LogP contribution in [0.15, 0.2) is 24.3 Å². The molecule has 1 aliphatic carbocycles. The number of nitrogens with one attached hydrogen (secondary N) is 1. The van der Waals surface area contributed by atoms with Gasteiger partial charge in [0.05, 0.1) is 11.1 Å². The maximum Gasteiger partial charge on any atom is 0.311 e. The fourth-order valence-electron chi connectivity index (χ4n) is 3.14. The van der Waals surface area contributed by atoms with E-state index >= 15 is 0 Å². The molecule has 2 N–H and O–H groups in total. The van der Waals surface area contributed by atoms with Crippen LogP contribution >= 0.6 is 0 Å². The molecule has 0 amide bonds. The second-order valence-electron chi connectivity index (χ2n) is 5.83. The predicted octanol–water partition coefficient (Wildman–Crippen LogP) is 3.00. The maximum absolute atomic E-state index is 11.6. The summed E-state index contributed by atoms with van der Waals surface area (Å²) in [5, 5.41) is 23.1. The van der Waals surface area contributed by atoms with Gasteiger partial charge in [-0.15, -0.1) is 5.10 Å². The first-order chi connectivity index (χ1) is 10.1. The van der Waals surface area contributed by atoms with Gasteiger partial charge in [0.15, 0.2) is 5.82 Å². The molecular formula is C16H19N3O2. The monoisotopic (exact) mass is 285 g/mol. The first kappa shape index (κ1) is 13.8. The highest BCUT2D eigenvalue weighted by Crippen LogP contribution is 2.38. The Balaban J connectivity index is 1.89. The van der Waals surface area contributed by atoms with Crippen LogP contribution in [0.5, 0.6) is 0 Å². The Labute approximate surface area is 123 Å². The summed E-state index contributed by atoms with van der Waals surface area (Å²) in [7, 11) is 0. The van der Waals surface area contributed by atoms with Crippen LogP contribution in [0, 0.1) is 12.3 Å². The number of hydrogen-bond donors (Lipinski definition) is 2. The van der Waals surface area contributed by atoms with E-state index < -0.39 is 11.4 Å². The highest BCUT2D eigenvalue weighted by molar-refractivity contribution is 5.93. The highest BCUT2D eigenvalue weighted by atomic mass is 16.4. The van der Waals surface area contributed by atoms with Gasteiger partial charge in [0.1, 0.15) is 0 Å². The quantitative estimate of drug-likeness (QED) is 0.903. The maximum atomic E-state index is 11.6. The zero-order chi connectivity index (χ0) is 14.9. The van der Waals surface area contributed by atoms with Crippen molar-refractivity contribution in [1.29, 1.82) is 0 Å². The smallest absolute Gasteiger partial charge is 0.311 e. The van der Waals surface area contributed by atoms with Crippen molar-refractivity contribution in [2.45, 2.75) is 32.6 Å². The van der Waals surface area contributed by atoms with E-state index in [1.54, 1.807) is 0 Å². The number of anilines is 1. The van der Waals surface area contributed by atoms with Gasteiger partial charge >= 0.3 is 5.97 Å². The van der Waals surface area contributed by atoms with Crippen molar-refractivity contribution in [3.05, 3.63) is 30.0 Å². The van der Waals surface area contributed by atoms with Crippen molar-refractivity contribution in [3.8, 4) is 0 Å². The minimum absolute atomic E-state index is 0.407. The summed E-state index contributed by atoms with van der Waals surface area (Å²) in [6.07, 6.45) is 3.42. The lowest BCUT2D eigenvalue weighted by Crippen LogP contribution is -2.35.